The average Bonchev–Trinajstić information content (AvgIpc) is 4.10. The van der Waals surface area contributed by atoms with Crippen molar-refractivity contribution >= 4 is 44.8 Å². The first-order valence-electron chi connectivity index (χ1n) is 19.7. The van der Waals surface area contributed by atoms with Crippen LogP contribution in [0.5, 0.6) is 0 Å². The molecular weight excluding hydrogens is 767 g/mol. The van der Waals surface area contributed by atoms with Crippen molar-refractivity contribution in [2.24, 2.45) is 0 Å². The third-order valence-corrected chi connectivity index (χ3v) is 10.7. The largest absolute Gasteiger partial charge is 0.379 e. The third kappa shape index (κ3) is 7.74. The van der Waals surface area contributed by atoms with E-state index in [0.717, 1.165) is 93.4 Å². The van der Waals surface area contributed by atoms with Crippen molar-refractivity contribution in [3.8, 4) is 22.8 Å². The topological polar surface area (TPSA) is 156 Å². The van der Waals surface area contributed by atoms with E-state index in [0.29, 0.717) is 24.6 Å². The summed E-state index contributed by atoms with van der Waals surface area (Å²) in [4.78, 5) is 26.3. The number of anilines is 4. The number of hydrogen-bond donors (Lipinski definition) is 2. The number of rotatable bonds is 8. The van der Waals surface area contributed by atoms with Gasteiger partial charge >= 0.3 is 0 Å². The maximum atomic E-state index is 14.4. The van der Waals surface area contributed by atoms with E-state index in [9.17, 15) is 8.78 Å². The number of nitrogens with one attached hydrogen (secondary N) is 2. The molecule has 8 aromatic rings. The number of aromatic nitrogens is 10. The van der Waals surface area contributed by atoms with E-state index in [2.05, 4.69) is 50.7 Å². The molecule has 0 radical (unpaired) electrons. The molecule has 10 heterocycles. The number of pyridine rings is 6. The Morgan fingerprint density at radius 3 is 1.43 bits per heavy atom. The first-order valence-corrected chi connectivity index (χ1v) is 19.7. The first kappa shape index (κ1) is 38.7. The lowest BCUT2D eigenvalue weighted by molar-refractivity contribution is 0.185. The Labute approximate surface area is 344 Å². The highest BCUT2D eigenvalue weighted by Gasteiger charge is 2.24. The quantitative estimate of drug-likeness (QED) is 0.151. The molecule has 16 heteroatoms. The summed E-state index contributed by atoms with van der Waals surface area (Å²) in [7, 11) is 0. The fourth-order valence-corrected chi connectivity index (χ4v) is 7.45. The molecule has 10 rings (SSSR count). The van der Waals surface area contributed by atoms with E-state index in [1.54, 1.807) is 49.3 Å². The lowest BCUT2D eigenvalue weighted by atomic mass is 10.1. The first-order chi connectivity index (χ1) is 29.2. The van der Waals surface area contributed by atoms with Crippen LogP contribution in [0.4, 0.5) is 31.5 Å². The Balaban J connectivity index is 0.000000154. The van der Waals surface area contributed by atoms with Crippen LogP contribution in [0.2, 0.25) is 0 Å². The molecule has 2 fully saturated rings. The predicted molar refractivity (Wildman–Crippen MR) is 224 cm³/mol. The fourth-order valence-electron chi connectivity index (χ4n) is 7.45. The van der Waals surface area contributed by atoms with Crippen LogP contribution < -0.4 is 10.6 Å². The van der Waals surface area contributed by atoms with Gasteiger partial charge in [0.05, 0.1) is 60.5 Å². The highest BCUT2D eigenvalue weighted by Crippen LogP contribution is 2.34. The van der Waals surface area contributed by atoms with Crippen LogP contribution in [0.25, 0.3) is 44.8 Å². The fraction of sp³-hybridized carbons (Fsp3) is 0.273. The van der Waals surface area contributed by atoms with Crippen molar-refractivity contribution in [1.29, 1.82) is 0 Å². The molecule has 0 aliphatic carbocycles. The molecule has 2 saturated heterocycles. The predicted octanol–water partition coefficient (Wildman–Crippen LogP) is 8.70. The van der Waals surface area contributed by atoms with E-state index in [4.69, 9.17) is 9.47 Å². The van der Waals surface area contributed by atoms with Gasteiger partial charge in [0.15, 0.2) is 11.6 Å². The van der Waals surface area contributed by atoms with Gasteiger partial charge in [-0.15, -0.1) is 0 Å². The molecule has 2 N–H and O–H groups in total. The number of nitrogens with zero attached hydrogens (tertiary/aromatic N) is 10. The van der Waals surface area contributed by atoms with Crippen molar-refractivity contribution in [3.63, 3.8) is 0 Å². The Hall–Kier alpha value is -6.78. The number of hydrogen-bond acceptors (Lipinski definition) is 12. The van der Waals surface area contributed by atoms with Crippen molar-refractivity contribution in [3.05, 3.63) is 120 Å². The second-order valence-corrected chi connectivity index (χ2v) is 15.0. The molecule has 0 unspecified atom stereocenters. The number of halogens is 2. The molecule has 0 amide bonds. The monoisotopic (exact) mass is 808 g/mol. The van der Waals surface area contributed by atoms with Crippen molar-refractivity contribution < 1.29 is 18.3 Å². The average molecular weight is 809 g/mol. The Morgan fingerprint density at radius 1 is 0.567 bits per heavy atom. The zero-order chi connectivity index (χ0) is 41.3. The molecule has 304 valence electrons. The van der Waals surface area contributed by atoms with Crippen LogP contribution in [-0.2, 0) is 9.47 Å². The lowest BCUT2D eigenvalue weighted by Crippen LogP contribution is -2.11. The van der Waals surface area contributed by atoms with Gasteiger partial charge in [0.25, 0.3) is 0 Å². The minimum absolute atomic E-state index is 0.187. The van der Waals surface area contributed by atoms with E-state index >= 15 is 0 Å². The number of ether oxygens (including phenoxy) is 2. The van der Waals surface area contributed by atoms with Gasteiger partial charge < -0.3 is 20.1 Å². The molecule has 0 spiro atoms. The molecule has 0 bridgehead atoms. The zero-order valence-corrected chi connectivity index (χ0v) is 33.5. The summed E-state index contributed by atoms with van der Waals surface area (Å²) in [6, 6.07) is 14.0. The molecule has 8 aromatic heterocycles. The Morgan fingerprint density at radius 2 is 1.02 bits per heavy atom. The van der Waals surface area contributed by atoms with Crippen molar-refractivity contribution in [2.75, 3.05) is 37.1 Å². The summed E-state index contributed by atoms with van der Waals surface area (Å²) in [6.07, 6.45) is 12.3. The molecule has 14 nitrogen and oxygen atoms in total. The van der Waals surface area contributed by atoms with Crippen molar-refractivity contribution in [1.82, 2.24) is 49.5 Å². The normalized spacial score (nSPS) is 16.3. The standard InChI is InChI=1S/2C22H21FN6O/c2*1-13-10-25-19(21-16(23)4-3-14(2)27-21)9-18(13)28-17-5-7-24-20-11-26-29(22(17)20)15-6-8-30-12-15/h2*3-5,7,9-11,15H,6,8,12H2,1-2H3,(H,24,25,28)/t2*15-/m11/s1. The minimum Gasteiger partial charge on any atom is -0.379 e. The molecule has 2 atom stereocenters. The van der Waals surface area contributed by atoms with E-state index < -0.39 is 11.6 Å². The molecule has 2 aliphatic rings. The highest BCUT2D eigenvalue weighted by molar-refractivity contribution is 5.91. The van der Waals surface area contributed by atoms with Gasteiger partial charge in [-0.05, 0) is 100 Å². The van der Waals surface area contributed by atoms with Gasteiger partial charge in [-0.3, -0.25) is 29.3 Å². The van der Waals surface area contributed by atoms with Crippen molar-refractivity contribution in [2.45, 2.75) is 52.6 Å². The summed E-state index contributed by atoms with van der Waals surface area (Å²) in [5.74, 6) is -0.790. The minimum atomic E-state index is -0.395. The molecular formula is C44H42F2N12O2. The maximum Gasteiger partial charge on any atom is 0.151 e. The van der Waals surface area contributed by atoms with Crippen LogP contribution in [-0.4, -0.2) is 75.9 Å². The smallest absolute Gasteiger partial charge is 0.151 e. The van der Waals surface area contributed by atoms with Gasteiger partial charge in [-0.1, -0.05) is 0 Å². The van der Waals surface area contributed by atoms with Gasteiger partial charge in [0.2, 0.25) is 0 Å². The summed E-state index contributed by atoms with van der Waals surface area (Å²) >= 11 is 0. The summed E-state index contributed by atoms with van der Waals surface area (Å²) in [5.41, 5.74) is 11.7. The Kier molecular flexibility index (Phi) is 10.6. The zero-order valence-electron chi connectivity index (χ0n) is 33.5. The van der Waals surface area contributed by atoms with Gasteiger partial charge in [-0.2, -0.15) is 10.2 Å². The van der Waals surface area contributed by atoms with E-state index in [1.165, 1.54) is 12.1 Å². The second kappa shape index (κ2) is 16.5. The van der Waals surface area contributed by atoms with Gasteiger partial charge in [0.1, 0.15) is 33.5 Å². The van der Waals surface area contributed by atoms with Crippen LogP contribution in [0.1, 0.15) is 47.4 Å². The van der Waals surface area contributed by atoms with Crippen LogP contribution in [0.3, 0.4) is 0 Å². The van der Waals surface area contributed by atoms with Crippen LogP contribution in [0.15, 0.2) is 85.7 Å². The Bertz CT molecular complexity index is 2660. The number of fused-ring (bicyclic) bond motifs is 2. The summed E-state index contributed by atoms with van der Waals surface area (Å²) in [5, 5.41) is 16.1. The third-order valence-electron chi connectivity index (χ3n) is 10.7. The van der Waals surface area contributed by atoms with E-state index in [1.807, 2.05) is 61.3 Å². The van der Waals surface area contributed by atoms with Crippen LogP contribution in [0, 0.1) is 39.3 Å². The van der Waals surface area contributed by atoms with Gasteiger partial charge in [-0.25, -0.2) is 18.7 Å². The maximum absolute atomic E-state index is 14.4. The highest BCUT2D eigenvalue weighted by atomic mass is 19.1. The number of aryl methyl sites for hydroxylation is 4. The van der Waals surface area contributed by atoms with Gasteiger partial charge in [0, 0.05) is 60.8 Å². The van der Waals surface area contributed by atoms with Crippen LogP contribution >= 0.6 is 0 Å². The summed E-state index contributed by atoms with van der Waals surface area (Å²) in [6.45, 7) is 10.3. The SMILES string of the molecule is Cc1ccc(F)c(-c2cc(Nc3ccnc4cnn([C@@H]5CCOC5)c34)c(C)cn2)n1.Cc1ccc(F)c(-c2cc(Nc3ccnc4cnn([C@@H]5CCOC5)c34)c(C)cn2)n1. The second-order valence-electron chi connectivity index (χ2n) is 15.0. The summed E-state index contributed by atoms with van der Waals surface area (Å²) < 4.78 is 43.8. The lowest BCUT2D eigenvalue weighted by Gasteiger charge is -2.15. The molecule has 0 saturated carbocycles. The molecule has 60 heavy (non-hydrogen) atoms. The van der Waals surface area contributed by atoms with E-state index in [-0.39, 0.29) is 23.5 Å². The molecule has 2 aliphatic heterocycles. The molecule has 0 aromatic carbocycles.